The predicted molar refractivity (Wildman–Crippen MR) is 58.1 cm³/mol. The van der Waals surface area contributed by atoms with E-state index in [0.29, 0.717) is 13.2 Å². The van der Waals surface area contributed by atoms with Gasteiger partial charge in [0.05, 0.1) is 13.2 Å². The smallest absolute Gasteiger partial charge is 0.225 e. The monoisotopic (exact) mass is 274 g/mol. The molecule has 0 aliphatic carbocycles. The summed E-state index contributed by atoms with van der Waals surface area (Å²) in [4.78, 5) is 0. The Morgan fingerprint density at radius 2 is 2.13 bits per heavy atom. The Bertz CT molecular complexity index is 239. The SMILES string of the molecule is CC1(C)OC2CO[C@H](COP(Cl)Cl)C2O1. The van der Waals surface area contributed by atoms with Crippen LogP contribution in [-0.2, 0) is 18.7 Å². The first-order chi connectivity index (χ1) is 6.98. The molecular weight excluding hydrogens is 262 g/mol. The van der Waals surface area contributed by atoms with Crippen LogP contribution >= 0.6 is 29.3 Å². The summed E-state index contributed by atoms with van der Waals surface area (Å²) in [6.45, 7) is 3.26. The molecule has 4 nitrogen and oxygen atoms in total. The number of ether oxygens (including phenoxy) is 3. The van der Waals surface area contributed by atoms with Gasteiger partial charge in [-0.3, -0.25) is 0 Å². The maximum absolute atomic E-state index is 5.71. The zero-order valence-corrected chi connectivity index (χ0v) is 10.9. The summed E-state index contributed by atoms with van der Waals surface area (Å²) in [5.41, 5.74) is 0. The Labute approximate surface area is 99.5 Å². The Morgan fingerprint density at radius 3 is 2.80 bits per heavy atom. The Morgan fingerprint density at radius 1 is 1.40 bits per heavy atom. The first-order valence-corrected chi connectivity index (χ1v) is 7.77. The molecule has 0 N–H and O–H groups in total. The van der Waals surface area contributed by atoms with Crippen LogP contribution in [-0.4, -0.2) is 37.3 Å². The van der Waals surface area contributed by atoms with Crippen molar-refractivity contribution in [2.45, 2.75) is 37.9 Å². The first-order valence-electron chi connectivity index (χ1n) is 4.70. The fourth-order valence-electron chi connectivity index (χ4n) is 1.89. The standard InChI is InChI=1S/C8H13Cl2O4P/c1-8(2)13-6-3-11-5(7(6)14-8)4-12-15(9)10/h5-7H,3-4H2,1-2H3/t5-,6?,7?/m1/s1. The number of halogens is 2. The van der Waals surface area contributed by atoms with Gasteiger partial charge in [-0.2, -0.15) is 0 Å². The lowest BCUT2D eigenvalue weighted by molar-refractivity contribution is -0.176. The average molecular weight is 275 g/mol. The van der Waals surface area contributed by atoms with Crippen molar-refractivity contribution in [2.24, 2.45) is 0 Å². The van der Waals surface area contributed by atoms with Gasteiger partial charge < -0.3 is 18.7 Å². The second-order valence-electron chi connectivity index (χ2n) is 4.01. The third-order valence-corrected chi connectivity index (χ3v) is 3.33. The van der Waals surface area contributed by atoms with Gasteiger partial charge in [-0.05, 0) is 36.3 Å². The van der Waals surface area contributed by atoms with Crippen molar-refractivity contribution in [1.29, 1.82) is 0 Å². The lowest BCUT2D eigenvalue weighted by Crippen LogP contribution is -2.32. The van der Waals surface area contributed by atoms with Crippen molar-refractivity contribution < 1.29 is 18.7 Å². The van der Waals surface area contributed by atoms with E-state index < -0.39 is 12.6 Å². The highest BCUT2D eigenvalue weighted by atomic mass is 35.9. The Balaban J connectivity index is 1.88. The Hall–Kier alpha value is 0.850. The molecular formula is C8H13Cl2O4P. The number of hydrogen-bond acceptors (Lipinski definition) is 4. The minimum Gasteiger partial charge on any atom is -0.370 e. The lowest BCUT2D eigenvalue weighted by atomic mass is 10.2. The van der Waals surface area contributed by atoms with Crippen molar-refractivity contribution in [1.82, 2.24) is 0 Å². The van der Waals surface area contributed by atoms with Gasteiger partial charge in [-0.25, -0.2) is 0 Å². The molecule has 2 aliphatic heterocycles. The van der Waals surface area contributed by atoms with E-state index in [2.05, 4.69) is 0 Å². The molecule has 2 unspecified atom stereocenters. The topological polar surface area (TPSA) is 36.9 Å². The molecule has 0 aromatic heterocycles. The maximum Gasteiger partial charge on any atom is 0.225 e. The molecule has 88 valence electrons. The second-order valence-corrected chi connectivity index (χ2v) is 7.03. The number of hydrogen-bond donors (Lipinski definition) is 0. The van der Waals surface area contributed by atoms with E-state index in [1.807, 2.05) is 13.8 Å². The second kappa shape index (κ2) is 4.61. The number of rotatable bonds is 3. The predicted octanol–water partition coefficient (Wildman–Crippen LogP) is 2.63. The molecule has 0 spiro atoms. The zero-order valence-electron chi connectivity index (χ0n) is 8.48. The van der Waals surface area contributed by atoms with Crippen LogP contribution in [0.3, 0.4) is 0 Å². The number of fused-ring (bicyclic) bond motifs is 1. The fraction of sp³-hybridized carbons (Fsp3) is 1.00. The van der Waals surface area contributed by atoms with Crippen molar-refractivity contribution in [3.8, 4) is 0 Å². The summed E-state index contributed by atoms with van der Waals surface area (Å²) in [7, 11) is 0. The van der Waals surface area contributed by atoms with Gasteiger partial charge in [0.2, 0.25) is 6.85 Å². The molecule has 15 heavy (non-hydrogen) atoms. The van der Waals surface area contributed by atoms with Crippen LogP contribution in [0.5, 0.6) is 0 Å². The highest BCUT2D eigenvalue weighted by molar-refractivity contribution is 8.00. The van der Waals surface area contributed by atoms with Gasteiger partial charge >= 0.3 is 0 Å². The molecule has 0 saturated carbocycles. The molecule has 2 fully saturated rings. The maximum atomic E-state index is 5.71. The summed E-state index contributed by atoms with van der Waals surface area (Å²) >= 11 is 11.1. The van der Waals surface area contributed by atoms with E-state index in [-0.39, 0.29) is 18.3 Å². The van der Waals surface area contributed by atoms with Crippen LogP contribution in [0.4, 0.5) is 0 Å². The van der Waals surface area contributed by atoms with E-state index in [1.165, 1.54) is 0 Å². The molecule has 2 rings (SSSR count). The normalized spacial score (nSPS) is 38.6. The van der Waals surface area contributed by atoms with Gasteiger partial charge in [0.15, 0.2) is 5.79 Å². The third kappa shape index (κ3) is 2.95. The third-order valence-electron chi connectivity index (χ3n) is 2.40. The molecule has 7 heteroatoms. The summed E-state index contributed by atoms with van der Waals surface area (Å²) in [6.07, 6.45) is -0.229. The van der Waals surface area contributed by atoms with E-state index in [4.69, 9.17) is 41.2 Å². The van der Waals surface area contributed by atoms with Gasteiger partial charge in [0.1, 0.15) is 18.3 Å². The van der Waals surface area contributed by atoms with Crippen molar-refractivity contribution in [3.05, 3.63) is 0 Å². The molecule has 0 aromatic rings. The highest BCUT2D eigenvalue weighted by Crippen LogP contribution is 2.48. The first kappa shape index (κ1) is 12.3. The van der Waals surface area contributed by atoms with E-state index in [1.54, 1.807) is 0 Å². The largest absolute Gasteiger partial charge is 0.370 e. The van der Waals surface area contributed by atoms with Crippen LogP contribution in [0.25, 0.3) is 0 Å². The molecule has 0 aromatic carbocycles. The van der Waals surface area contributed by atoms with Crippen molar-refractivity contribution in [2.75, 3.05) is 13.2 Å². The summed E-state index contributed by atoms with van der Waals surface area (Å²) in [5, 5.41) is 0. The summed E-state index contributed by atoms with van der Waals surface area (Å²) < 4.78 is 22.0. The van der Waals surface area contributed by atoms with Gasteiger partial charge in [0, 0.05) is 0 Å². The fourth-order valence-corrected chi connectivity index (χ4v) is 2.49. The van der Waals surface area contributed by atoms with Gasteiger partial charge in [-0.1, -0.05) is 0 Å². The molecule has 0 bridgehead atoms. The average Bonchev–Trinajstić information content (AvgIpc) is 2.56. The molecule has 3 atom stereocenters. The van der Waals surface area contributed by atoms with Crippen LogP contribution < -0.4 is 0 Å². The van der Waals surface area contributed by atoms with Crippen LogP contribution in [0.1, 0.15) is 13.8 Å². The van der Waals surface area contributed by atoms with Crippen molar-refractivity contribution in [3.63, 3.8) is 0 Å². The van der Waals surface area contributed by atoms with Gasteiger partial charge in [0.25, 0.3) is 0 Å². The lowest BCUT2D eigenvalue weighted by Gasteiger charge is -2.21. The minimum atomic E-state index is -1.39. The molecule has 2 aliphatic rings. The minimum absolute atomic E-state index is 0.00882. The van der Waals surface area contributed by atoms with Gasteiger partial charge in [-0.15, -0.1) is 0 Å². The molecule has 2 saturated heterocycles. The van der Waals surface area contributed by atoms with Crippen molar-refractivity contribution >= 4 is 29.3 Å². The quantitative estimate of drug-likeness (QED) is 0.742. The van der Waals surface area contributed by atoms with E-state index in [9.17, 15) is 0 Å². The summed E-state index contributed by atoms with van der Waals surface area (Å²) in [6, 6.07) is 0. The van der Waals surface area contributed by atoms with E-state index in [0.717, 1.165) is 0 Å². The van der Waals surface area contributed by atoms with Crippen LogP contribution in [0.2, 0.25) is 0 Å². The van der Waals surface area contributed by atoms with Crippen LogP contribution in [0, 0.1) is 0 Å². The molecule has 0 amide bonds. The summed E-state index contributed by atoms with van der Waals surface area (Å²) in [5.74, 6) is -0.538. The zero-order chi connectivity index (χ0) is 11.1. The molecule has 0 radical (unpaired) electrons. The van der Waals surface area contributed by atoms with Crippen LogP contribution in [0.15, 0.2) is 0 Å². The van der Waals surface area contributed by atoms with E-state index >= 15 is 0 Å². The molecule has 2 heterocycles. The Kier molecular flexibility index (Phi) is 3.79. The highest BCUT2D eigenvalue weighted by Gasteiger charge is 2.50.